The average molecular weight is 474 g/mol. The number of halogens is 4. The van der Waals surface area contributed by atoms with E-state index >= 15 is 0 Å². The van der Waals surface area contributed by atoms with Gasteiger partial charge in [0.1, 0.15) is 11.6 Å². The summed E-state index contributed by atoms with van der Waals surface area (Å²) in [5, 5.41) is 6.60. The lowest BCUT2D eigenvalue weighted by atomic mass is 9.88. The minimum Gasteiger partial charge on any atom is -0.384 e. The van der Waals surface area contributed by atoms with Crippen LogP contribution < -0.4 is 11.1 Å². The highest BCUT2D eigenvalue weighted by Gasteiger charge is 2.33. The van der Waals surface area contributed by atoms with E-state index in [1.165, 1.54) is 23.1 Å². The molecule has 7 nitrogen and oxygen atoms in total. The molecule has 4 rings (SSSR count). The molecule has 34 heavy (non-hydrogen) atoms. The molecule has 2 atom stereocenters. The van der Waals surface area contributed by atoms with Crippen molar-refractivity contribution in [3.8, 4) is 0 Å². The van der Waals surface area contributed by atoms with Crippen LogP contribution in [0.25, 0.3) is 10.9 Å². The van der Waals surface area contributed by atoms with Crippen LogP contribution in [0.1, 0.15) is 35.5 Å². The normalized spacial score (nSPS) is 18.5. The zero-order valence-electron chi connectivity index (χ0n) is 18.4. The largest absolute Gasteiger partial charge is 0.417 e. The first-order chi connectivity index (χ1) is 16.0. The number of nitrogens with zero attached hydrogens (tertiary/aromatic N) is 4. The fraction of sp³-hybridized carbons (Fsp3) is 0.304. The lowest BCUT2D eigenvalue weighted by Crippen LogP contribution is -2.36. The second-order valence-corrected chi connectivity index (χ2v) is 8.27. The van der Waals surface area contributed by atoms with Gasteiger partial charge >= 0.3 is 6.18 Å². The van der Waals surface area contributed by atoms with E-state index in [2.05, 4.69) is 20.4 Å². The van der Waals surface area contributed by atoms with Crippen molar-refractivity contribution < 1.29 is 22.4 Å². The van der Waals surface area contributed by atoms with Crippen molar-refractivity contribution in [1.82, 2.24) is 20.1 Å². The summed E-state index contributed by atoms with van der Waals surface area (Å²) in [5.41, 5.74) is 5.95. The monoisotopic (exact) mass is 474 g/mol. The highest BCUT2D eigenvalue weighted by atomic mass is 19.4. The first kappa shape index (κ1) is 23.4. The third kappa shape index (κ3) is 4.92. The van der Waals surface area contributed by atoms with Crippen LogP contribution >= 0.6 is 0 Å². The molecule has 2 unspecified atom stereocenters. The second kappa shape index (κ2) is 8.88. The molecule has 1 aliphatic rings. The molecule has 1 aromatic carbocycles. The number of nitrogens with one attached hydrogen (secondary N) is 1. The topological polar surface area (TPSA) is 98.2 Å². The summed E-state index contributed by atoms with van der Waals surface area (Å²) in [6.07, 6.45) is -0.0831. The molecule has 0 saturated carbocycles. The second-order valence-electron chi connectivity index (χ2n) is 8.27. The van der Waals surface area contributed by atoms with Crippen molar-refractivity contribution in [3.05, 3.63) is 71.2 Å². The highest BCUT2D eigenvalue weighted by Crippen LogP contribution is 2.35. The van der Waals surface area contributed by atoms with Crippen LogP contribution in [-0.2, 0) is 12.7 Å². The van der Waals surface area contributed by atoms with Crippen LogP contribution in [0.15, 0.2) is 53.5 Å². The van der Waals surface area contributed by atoms with E-state index in [4.69, 9.17) is 5.73 Å². The van der Waals surface area contributed by atoms with Crippen LogP contribution in [0, 0.1) is 17.7 Å². The Balaban J connectivity index is 1.49. The Morgan fingerprint density at radius 2 is 2.03 bits per heavy atom. The van der Waals surface area contributed by atoms with E-state index in [0.717, 1.165) is 23.9 Å². The van der Waals surface area contributed by atoms with Crippen molar-refractivity contribution in [1.29, 1.82) is 0 Å². The van der Waals surface area contributed by atoms with Gasteiger partial charge in [-0.05, 0) is 43.2 Å². The Bertz CT molecular complexity index is 1310. The molecule has 0 aliphatic carbocycles. The average Bonchev–Trinajstić information content (AvgIpc) is 3.20. The molecule has 0 fully saturated rings. The quantitative estimate of drug-likeness (QED) is 0.548. The van der Waals surface area contributed by atoms with Gasteiger partial charge in [-0.15, -0.1) is 0 Å². The Labute approximate surface area is 192 Å². The predicted octanol–water partition coefficient (Wildman–Crippen LogP) is 3.89. The first-order valence-electron chi connectivity index (χ1n) is 10.5. The van der Waals surface area contributed by atoms with Crippen LogP contribution in [0.4, 0.5) is 17.6 Å². The van der Waals surface area contributed by atoms with Gasteiger partial charge < -0.3 is 11.1 Å². The Morgan fingerprint density at radius 3 is 2.74 bits per heavy atom. The molecular formula is C23H22F4N6O. The summed E-state index contributed by atoms with van der Waals surface area (Å²) < 4.78 is 55.5. The maximum Gasteiger partial charge on any atom is 0.417 e. The van der Waals surface area contributed by atoms with Crippen molar-refractivity contribution in [2.45, 2.75) is 26.6 Å². The molecule has 2 aromatic heterocycles. The molecule has 0 bridgehead atoms. The van der Waals surface area contributed by atoms with Gasteiger partial charge in [-0.3, -0.25) is 14.5 Å². The number of hydrogen-bond acceptors (Lipinski definition) is 5. The maximum atomic E-state index is 13.5. The number of nitrogens with two attached hydrogens (primary N) is 1. The Morgan fingerprint density at radius 1 is 1.26 bits per heavy atom. The molecule has 3 aromatic rings. The fourth-order valence-electron chi connectivity index (χ4n) is 4.03. The standard InChI is InChI=1S/C23H22F4N6O/c1-12-5-21(28)31-13(2)18(12)9-29-22(34)14-8-30-33(10-14)11-16-7-19(23(25,26)27)17-6-15(24)3-4-20(17)32-16/h3-8,10,12,18H,9,11,28H2,1-2H3,(H,29,34). The zero-order valence-corrected chi connectivity index (χ0v) is 18.4. The van der Waals surface area contributed by atoms with Gasteiger partial charge in [0.15, 0.2) is 0 Å². The summed E-state index contributed by atoms with van der Waals surface area (Å²) in [4.78, 5) is 21.0. The number of benzene rings is 1. The van der Waals surface area contributed by atoms with E-state index in [-0.39, 0.29) is 46.4 Å². The third-order valence-corrected chi connectivity index (χ3v) is 5.74. The third-order valence-electron chi connectivity index (χ3n) is 5.74. The number of pyridine rings is 1. The summed E-state index contributed by atoms with van der Waals surface area (Å²) in [6.45, 7) is 4.09. The maximum absolute atomic E-state index is 13.5. The predicted molar refractivity (Wildman–Crippen MR) is 118 cm³/mol. The minimum atomic E-state index is -4.68. The van der Waals surface area contributed by atoms with E-state index in [0.29, 0.717) is 12.4 Å². The van der Waals surface area contributed by atoms with E-state index in [9.17, 15) is 22.4 Å². The summed E-state index contributed by atoms with van der Waals surface area (Å²) in [7, 11) is 0. The molecule has 1 aliphatic heterocycles. The first-order valence-corrected chi connectivity index (χ1v) is 10.5. The lowest BCUT2D eigenvalue weighted by Gasteiger charge is -2.25. The van der Waals surface area contributed by atoms with Crippen molar-refractivity contribution >= 4 is 22.5 Å². The number of alkyl halides is 3. The number of rotatable bonds is 5. The number of fused-ring (bicyclic) bond motifs is 1. The summed E-state index contributed by atoms with van der Waals surface area (Å²) in [5.74, 6) is -0.588. The SMILES string of the molecule is CC1=NC(N)=CC(C)C1CNC(=O)c1cnn(Cc2cc(C(F)(F)F)c3cc(F)ccc3n2)c1. The van der Waals surface area contributed by atoms with Gasteiger partial charge in [-0.1, -0.05) is 6.92 Å². The van der Waals surface area contributed by atoms with Crippen molar-refractivity contribution in [2.24, 2.45) is 22.6 Å². The summed E-state index contributed by atoms with van der Waals surface area (Å²) >= 11 is 0. The smallest absolute Gasteiger partial charge is 0.384 e. The molecule has 11 heteroatoms. The van der Waals surface area contributed by atoms with Crippen LogP contribution in [0.3, 0.4) is 0 Å². The van der Waals surface area contributed by atoms with Gasteiger partial charge in [0, 0.05) is 29.8 Å². The number of amides is 1. The van der Waals surface area contributed by atoms with Gasteiger partial charge in [-0.25, -0.2) is 9.38 Å². The van der Waals surface area contributed by atoms with Gasteiger partial charge in [0.05, 0.1) is 35.1 Å². The fourth-order valence-corrected chi connectivity index (χ4v) is 4.03. The molecule has 178 valence electrons. The van der Waals surface area contributed by atoms with Crippen molar-refractivity contribution in [2.75, 3.05) is 6.54 Å². The zero-order chi connectivity index (χ0) is 24.6. The van der Waals surface area contributed by atoms with Gasteiger partial charge in [-0.2, -0.15) is 18.3 Å². The number of aliphatic imine (C=N–C) groups is 1. The molecule has 0 spiro atoms. The van der Waals surface area contributed by atoms with E-state index in [1.807, 2.05) is 19.9 Å². The Kier molecular flexibility index (Phi) is 6.11. The van der Waals surface area contributed by atoms with Crippen molar-refractivity contribution in [3.63, 3.8) is 0 Å². The van der Waals surface area contributed by atoms with Crippen LogP contribution in [0.5, 0.6) is 0 Å². The number of carbonyl (C=O) groups excluding carboxylic acids is 1. The number of allylic oxidation sites excluding steroid dienone is 1. The molecule has 0 saturated heterocycles. The Hall–Kier alpha value is -3.76. The van der Waals surface area contributed by atoms with Gasteiger partial charge in [0.2, 0.25) is 0 Å². The highest BCUT2D eigenvalue weighted by molar-refractivity contribution is 5.94. The van der Waals surface area contributed by atoms with E-state index < -0.39 is 17.6 Å². The molecule has 3 N–H and O–H groups in total. The molecule has 3 heterocycles. The van der Waals surface area contributed by atoms with Crippen LogP contribution in [-0.4, -0.2) is 32.9 Å². The molecular weight excluding hydrogens is 452 g/mol. The molecule has 1 amide bonds. The lowest BCUT2D eigenvalue weighted by molar-refractivity contribution is -0.136. The van der Waals surface area contributed by atoms with Gasteiger partial charge in [0.25, 0.3) is 5.91 Å². The van der Waals surface area contributed by atoms with Crippen LogP contribution in [0.2, 0.25) is 0 Å². The number of aromatic nitrogens is 3. The number of carbonyl (C=O) groups is 1. The number of hydrogen-bond donors (Lipinski definition) is 2. The molecule has 0 radical (unpaired) electrons. The van der Waals surface area contributed by atoms with E-state index in [1.54, 1.807) is 0 Å². The summed E-state index contributed by atoms with van der Waals surface area (Å²) in [6, 6.07) is 3.94. The minimum absolute atomic E-state index is 0.00118.